The maximum absolute atomic E-state index is 12.1. The molecule has 4 nitrogen and oxygen atoms in total. The van der Waals surface area contributed by atoms with E-state index in [9.17, 15) is 4.79 Å². The molecule has 144 valence electrons. The molecule has 1 N–H and O–H groups in total. The highest BCUT2D eigenvalue weighted by Gasteiger charge is 2.24. The van der Waals surface area contributed by atoms with E-state index in [1.807, 2.05) is 20.8 Å². The van der Waals surface area contributed by atoms with Gasteiger partial charge in [-0.3, -0.25) is 0 Å². The van der Waals surface area contributed by atoms with E-state index in [1.54, 1.807) is 0 Å². The maximum Gasteiger partial charge on any atom is 0.408 e. The van der Waals surface area contributed by atoms with Crippen LogP contribution in [0.25, 0.3) is 0 Å². The second kappa shape index (κ2) is 8.43. The third-order valence-corrected chi connectivity index (χ3v) is 5.38. The van der Waals surface area contributed by atoms with Gasteiger partial charge in [0.25, 0.3) is 0 Å². The smallest absolute Gasteiger partial charge is 0.408 e. The van der Waals surface area contributed by atoms with E-state index >= 15 is 0 Å². The molecule has 3 rings (SSSR count). The van der Waals surface area contributed by atoms with Gasteiger partial charge in [0.15, 0.2) is 0 Å². The quantitative estimate of drug-likeness (QED) is 0.854. The number of nitrogens with zero attached hydrogens (tertiary/aromatic N) is 1. The number of aryl methyl sites for hydroxylation is 1. The van der Waals surface area contributed by atoms with Crippen LogP contribution in [0, 0.1) is 0 Å². The molecule has 26 heavy (non-hydrogen) atoms. The van der Waals surface area contributed by atoms with Crippen LogP contribution in [0.15, 0.2) is 18.2 Å². The Labute approximate surface area is 158 Å². The fourth-order valence-electron chi connectivity index (χ4n) is 4.09. The van der Waals surface area contributed by atoms with Gasteiger partial charge in [0.2, 0.25) is 0 Å². The molecular weight excluding hydrogens is 324 g/mol. The number of piperidine rings is 1. The standard InChI is InChI=1S/C22H34N2O2/c1-22(2,3)26-21(25)23-20-9-7-8-18-16-17(10-11-19(18)20)12-15-24-13-5-4-6-14-24/h10-11,16,20H,4-9,12-15H2,1-3H3,(H,23,25). The van der Waals surface area contributed by atoms with Crippen molar-refractivity contribution in [3.8, 4) is 0 Å². The molecule has 0 saturated carbocycles. The molecule has 1 unspecified atom stereocenters. The Kier molecular flexibility index (Phi) is 6.23. The third-order valence-electron chi connectivity index (χ3n) is 5.38. The van der Waals surface area contributed by atoms with Crippen molar-refractivity contribution in [2.45, 2.75) is 77.4 Å². The summed E-state index contributed by atoms with van der Waals surface area (Å²) < 4.78 is 5.43. The predicted molar refractivity (Wildman–Crippen MR) is 105 cm³/mol. The van der Waals surface area contributed by atoms with Gasteiger partial charge in [-0.1, -0.05) is 24.6 Å². The van der Waals surface area contributed by atoms with E-state index in [2.05, 4.69) is 28.4 Å². The molecule has 1 heterocycles. The Hall–Kier alpha value is -1.55. The molecule has 1 atom stereocenters. The van der Waals surface area contributed by atoms with Crippen molar-refractivity contribution < 1.29 is 9.53 Å². The zero-order chi connectivity index (χ0) is 18.6. The van der Waals surface area contributed by atoms with Gasteiger partial charge in [-0.15, -0.1) is 0 Å². The van der Waals surface area contributed by atoms with Crippen LogP contribution in [0.5, 0.6) is 0 Å². The van der Waals surface area contributed by atoms with Crippen LogP contribution >= 0.6 is 0 Å². The highest BCUT2D eigenvalue weighted by atomic mass is 16.6. The number of likely N-dealkylation sites (tertiary alicyclic amines) is 1. The monoisotopic (exact) mass is 358 g/mol. The number of hydrogen-bond acceptors (Lipinski definition) is 3. The summed E-state index contributed by atoms with van der Waals surface area (Å²) in [5.74, 6) is 0. The fourth-order valence-corrected chi connectivity index (χ4v) is 4.09. The first-order chi connectivity index (χ1) is 12.4. The zero-order valence-corrected chi connectivity index (χ0v) is 16.6. The summed E-state index contributed by atoms with van der Waals surface area (Å²) in [4.78, 5) is 14.7. The van der Waals surface area contributed by atoms with E-state index in [1.165, 1.54) is 55.6 Å². The minimum atomic E-state index is -0.458. The van der Waals surface area contributed by atoms with Crippen LogP contribution in [0.4, 0.5) is 4.79 Å². The third kappa shape index (κ3) is 5.47. The minimum absolute atomic E-state index is 0.0738. The SMILES string of the molecule is CC(C)(C)OC(=O)NC1CCCc2cc(CCN3CCCCC3)ccc21. The van der Waals surface area contributed by atoms with Gasteiger partial charge in [0, 0.05) is 6.54 Å². The molecule has 4 heteroatoms. The Morgan fingerprint density at radius 2 is 1.96 bits per heavy atom. The van der Waals surface area contributed by atoms with Crippen LogP contribution in [0.3, 0.4) is 0 Å². The van der Waals surface area contributed by atoms with Crippen LogP contribution in [-0.2, 0) is 17.6 Å². The summed E-state index contributed by atoms with van der Waals surface area (Å²) in [5, 5.41) is 3.07. The van der Waals surface area contributed by atoms with Crippen molar-refractivity contribution in [3.05, 3.63) is 34.9 Å². The van der Waals surface area contributed by atoms with E-state index in [0.717, 1.165) is 25.7 Å². The van der Waals surface area contributed by atoms with Crippen molar-refractivity contribution in [2.24, 2.45) is 0 Å². The van der Waals surface area contributed by atoms with E-state index in [4.69, 9.17) is 4.74 Å². The van der Waals surface area contributed by atoms with Crippen LogP contribution in [0.2, 0.25) is 0 Å². The summed E-state index contributed by atoms with van der Waals surface area (Å²) in [6, 6.07) is 6.91. The summed E-state index contributed by atoms with van der Waals surface area (Å²) in [6.07, 6.45) is 8.11. The summed E-state index contributed by atoms with van der Waals surface area (Å²) in [5.41, 5.74) is 3.63. The number of carbonyl (C=O) groups is 1. The van der Waals surface area contributed by atoms with Gasteiger partial charge in [0.1, 0.15) is 5.60 Å². The van der Waals surface area contributed by atoms with Crippen molar-refractivity contribution in [3.63, 3.8) is 0 Å². The molecule has 1 aliphatic carbocycles. The molecule has 1 fully saturated rings. The number of benzene rings is 1. The average molecular weight is 359 g/mol. The lowest BCUT2D eigenvalue weighted by Crippen LogP contribution is -2.36. The van der Waals surface area contributed by atoms with Gasteiger partial charge >= 0.3 is 6.09 Å². The Balaban J connectivity index is 1.60. The maximum atomic E-state index is 12.1. The minimum Gasteiger partial charge on any atom is -0.444 e. The first kappa shape index (κ1) is 19.2. The van der Waals surface area contributed by atoms with E-state index < -0.39 is 5.60 Å². The Morgan fingerprint density at radius 3 is 2.69 bits per heavy atom. The van der Waals surface area contributed by atoms with E-state index in [-0.39, 0.29) is 12.1 Å². The Bertz CT molecular complexity index is 615. The van der Waals surface area contributed by atoms with Crippen LogP contribution in [0.1, 0.15) is 75.6 Å². The number of fused-ring (bicyclic) bond motifs is 1. The molecule has 1 saturated heterocycles. The second-order valence-corrected chi connectivity index (χ2v) is 8.78. The molecular formula is C22H34N2O2. The first-order valence-corrected chi connectivity index (χ1v) is 10.2. The molecule has 1 amide bonds. The number of rotatable bonds is 4. The summed E-state index contributed by atoms with van der Waals surface area (Å²) in [6.45, 7) is 9.38. The number of amides is 1. The molecule has 0 radical (unpaired) electrons. The normalized spacial score (nSPS) is 21.1. The van der Waals surface area contributed by atoms with Gasteiger partial charge in [0.05, 0.1) is 6.04 Å². The highest BCUT2D eigenvalue weighted by molar-refractivity contribution is 5.68. The molecule has 0 aromatic heterocycles. The number of carbonyl (C=O) groups excluding carboxylic acids is 1. The summed E-state index contributed by atoms with van der Waals surface area (Å²) >= 11 is 0. The second-order valence-electron chi connectivity index (χ2n) is 8.78. The van der Waals surface area contributed by atoms with Crippen molar-refractivity contribution in [1.82, 2.24) is 10.2 Å². The largest absolute Gasteiger partial charge is 0.444 e. The lowest BCUT2D eigenvalue weighted by atomic mass is 9.86. The molecule has 0 spiro atoms. The molecule has 0 bridgehead atoms. The number of nitrogens with one attached hydrogen (secondary N) is 1. The van der Waals surface area contributed by atoms with Gasteiger partial charge in [-0.25, -0.2) is 4.79 Å². The molecule has 1 aliphatic heterocycles. The van der Waals surface area contributed by atoms with Crippen molar-refractivity contribution >= 4 is 6.09 Å². The Morgan fingerprint density at radius 1 is 1.19 bits per heavy atom. The predicted octanol–water partition coefficient (Wildman–Crippen LogP) is 4.62. The lowest BCUT2D eigenvalue weighted by molar-refractivity contribution is 0.0498. The van der Waals surface area contributed by atoms with Crippen LogP contribution in [-0.4, -0.2) is 36.2 Å². The average Bonchev–Trinajstić information content (AvgIpc) is 2.59. The van der Waals surface area contributed by atoms with Gasteiger partial charge in [-0.2, -0.15) is 0 Å². The van der Waals surface area contributed by atoms with E-state index in [0.29, 0.717) is 0 Å². The number of alkyl carbamates (subject to hydrolysis) is 1. The highest BCUT2D eigenvalue weighted by Crippen LogP contribution is 2.31. The molecule has 2 aliphatic rings. The zero-order valence-electron chi connectivity index (χ0n) is 16.6. The number of hydrogen-bond donors (Lipinski definition) is 1. The fraction of sp³-hybridized carbons (Fsp3) is 0.682. The topological polar surface area (TPSA) is 41.6 Å². The lowest BCUT2D eigenvalue weighted by Gasteiger charge is -2.29. The molecule has 1 aromatic carbocycles. The van der Waals surface area contributed by atoms with Gasteiger partial charge < -0.3 is 15.0 Å². The van der Waals surface area contributed by atoms with Gasteiger partial charge in [-0.05, 0) is 89.1 Å². The van der Waals surface area contributed by atoms with Crippen molar-refractivity contribution in [2.75, 3.05) is 19.6 Å². The van der Waals surface area contributed by atoms with Crippen LogP contribution < -0.4 is 5.32 Å². The number of ether oxygens (including phenoxy) is 1. The van der Waals surface area contributed by atoms with Crippen molar-refractivity contribution in [1.29, 1.82) is 0 Å². The summed E-state index contributed by atoms with van der Waals surface area (Å²) in [7, 11) is 0. The first-order valence-electron chi connectivity index (χ1n) is 10.2. The molecule has 1 aromatic rings.